The SMILES string of the molecule is CC(C)(C)C(=O)OCOP(=O)(COCCN1CNc2c(N)ncnc21)OCOC(=O)C(C)(C)C. The minimum Gasteiger partial charge on any atom is -0.438 e. The first-order valence-electron chi connectivity index (χ1n) is 10.6. The largest absolute Gasteiger partial charge is 0.438 e. The lowest BCUT2D eigenvalue weighted by Gasteiger charge is -2.22. The highest BCUT2D eigenvalue weighted by molar-refractivity contribution is 7.53. The fraction of sp³-hybridized carbons (Fsp3) is 0.700. The van der Waals surface area contributed by atoms with E-state index in [9.17, 15) is 14.2 Å². The Labute approximate surface area is 199 Å². The second-order valence-corrected chi connectivity index (χ2v) is 11.6. The van der Waals surface area contributed by atoms with Gasteiger partial charge in [0.05, 0.1) is 24.1 Å². The van der Waals surface area contributed by atoms with Crippen LogP contribution in [0.4, 0.5) is 17.3 Å². The van der Waals surface area contributed by atoms with Crippen LogP contribution in [0, 0.1) is 10.8 Å². The minimum atomic E-state index is -3.93. The third kappa shape index (κ3) is 8.08. The molecule has 0 bridgehead atoms. The highest BCUT2D eigenvalue weighted by Gasteiger charge is 2.31. The Balaban J connectivity index is 1.89. The highest BCUT2D eigenvalue weighted by Crippen LogP contribution is 2.48. The zero-order chi connectivity index (χ0) is 25.6. The van der Waals surface area contributed by atoms with Crippen LogP contribution in [0.2, 0.25) is 0 Å². The maximum absolute atomic E-state index is 13.1. The molecule has 0 amide bonds. The number of fused-ring (bicyclic) bond motifs is 1. The maximum atomic E-state index is 13.1. The van der Waals surface area contributed by atoms with E-state index in [1.165, 1.54) is 6.33 Å². The van der Waals surface area contributed by atoms with Gasteiger partial charge in [-0.3, -0.25) is 23.2 Å². The van der Waals surface area contributed by atoms with Crippen LogP contribution in [-0.4, -0.2) is 61.7 Å². The standard InChI is InChI=1S/C20H34N5O8P/c1-19(2,3)17(26)30-11-32-34(28,33-12-31-18(27)20(4,5)6)13-29-8-7-25-10-24-14-15(21)22-9-23-16(14)25/h9,24H,7-8,10-13H2,1-6H3,(H2,21,22,23). The number of hydrogen-bond acceptors (Lipinski definition) is 13. The molecule has 2 heterocycles. The van der Waals surface area contributed by atoms with Gasteiger partial charge in [-0.2, -0.15) is 0 Å². The van der Waals surface area contributed by atoms with Crippen molar-refractivity contribution in [3.05, 3.63) is 6.33 Å². The average Bonchev–Trinajstić information content (AvgIpc) is 3.14. The number of anilines is 3. The molecule has 34 heavy (non-hydrogen) atoms. The molecule has 0 aliphatic carbocycles. The Hall–Kier alpha value is -2.47. The van der Waals surface area contributed by atoms with Crippen molar-refractivity contribution in [2.24, 2.45) is 10.8 Å². The summed E-state index contributed by atoms with van der Waals surface area (Å²) in [6.45, 7) is 9.81. The van der Waals surface area contributed by atoms with E-state index in [0.29, 0.717) is 30.5 Å². The van der Waals surface area contributed by atoms with Crippen molar-refractivity contribution in [1.82, 2.24) is 9.97 Å². The number of esters is 2. The van der Waals surface area contributed by atoms with Crippen LogP contribution in [0.15, 0.2) is 6.33 Å². The molecule has 1 aromatic heterocycles. The molecule has 2 rings (SSSR count). The number of nitrogens with one attached hydrogen (secondary N) is 1. The Kier molecular flexibility index (Phi) is 9.23. The summed E-state index contributed by atoms with van der Waals surface area (Å²) in [5.41, 5.74) is 4.93. The second-order valence-electron chi connectivity index (χ2n) is 9.56. The number of nitrogen functional groups attached to an aromatic ring is 1. The Bertz CT molecular complexity index is 879. The van der Waals surface area contributed by atoms with Gasteiger partial charge in [-0.05, 0) is 41.5 Å². The fourth-order valence-electron chi connectivity index (χ4n) is 2.45. The van der Waals surface area contributed by atoms with Gasteiger partial charge in [0.15, 0.2) is 11.6 Å². The summed E-state index contributed by atoms with van der Waals surface area (Å²) in [5.74, 6) is -0.106. The van der Waals surface area contributed by atoms with E-state index in [1.54, 1.807) is 41.5 Å². The van der Waals surface area contributed by atoms with Crippen LogP contribution in [0.5, 0.6) is 0 Å². The smallest absolute Gasteiger partial charge is 0.361 e. The highest BCUT2D eigenvalue weighted by atomic mass is 31.2. The van der Waals surface area contributed by atoms with Gasteiger partial charge >= 0.3 is 19.5 Å². The van der Waals surface area contributed by atoms with Gasteiger partial charge in [-0.15, -0.1) is 0 Å². The number of nitrogens with two attached hydrogens (primary N) is 1. The van der Waals surface area contributed by atoms with Gasteiger partial charge in [0.25, 0.3) is 0 Å². The van der Waals surface area contributed by atoms with Gasteiger partial charge in [-0.25, -0.2) is 9.97 Å². The molecule has 13 nitrogen and oxygen atoms in total. The van der Waals surface area contributed by atoms with Gasteiger partial charge in [0.2, 0.25) is 13.6 Å². The van der Waals surface area contributed by atoms with Crippen molar-refractivity contribution in [3.63, 3.8) is 0 Å². The molecule has 1 aromatic rings. The predicted octanol–water partition coefficient (Wildman–Crippen LogP) is 2.54. The van der Waals surface area contributed by atoms with Crippen molar-refractivity contribution in [2.75, 3.05) is 55.7 Å². The summed E-state index contributed by atoms with van der Waals surface area (Å²) in [5, 5.41) is 3.10. The zero-order valence-electron chi connectivity index (χ0n) is 20.5. The van der Waals surface area contributed by atoms with Crippen LogP contribution in [0.25, 0.3) is 0 Å². The van der Waals surface area contributed by atoms with E-state index in [-0.39, 0.29) is 6.61 Å². The monoisotopic (exact) mass is 503 g/mol. The molecular weight excluding hydrogens is 469 g/mol. The summed E-state index contributed by atoms with van der Waals surface area (Å²) < 4.78 is 39.1. The van der Waals surface area contributed by atoms with Crippen LogP contribution in [-0.2, 0) is 37.4 Å². The number of carbonyl (C=O) groups is 2. The number of ether oxygens (including phenoxy) is 3. The van der Waals surface area contributed by atoms with Crippen LogP contribution < -0.4 is 16.0 Å². The lowest BCUT2D eigenvalue weighted by atomic mass is 9.98. The number of aromatic nitrogens is 2. The van der Waals surface area contributed by atoms with Crippen LogP contribution in [0.3, 0.4) is 0 Å². The second kappa shape index (κ2) is 11.3. The molecule has 14 heteroatoms. The molecule has 1 aliphatic heterocycles. The Morgan fingerprint density at radius 1 is 1.06 bits per heavy atom. The van der Waals surface area contributed by atoms with E-state index >= 15 is 0 Å². The van der Waals surface area contributed by atoms with E-state index in [4.69, 9.17) is 29.0 Å². The first-order chi connectivity index (χ1) is 15.7. The number of hydrogen-bond donors (Lipinski definition) is 2. The fourth-order valence-corrected chi connectivity index (χ4v) is 3.45. The summed E-state index contributed by atoms with van der Waals surface area (Å²) in [7, 11) is -3.93. The summed E-state index contributed by atoms with van der Waals surface area (Å²) in [4.78, 5) is 33.9. The third-order valence-electron chi connectivity index (χ3n) is 4.46. The van der Waals surface area contributed by atoms with E-state index in [1.807, 2.05) is 4.90 Å². The van der Waals surface area contributed by atoms with Crippen molar-refractivity contribution in [3.8, 4) is 0 Å². The molecule has 0 saturated heterocycles. The molecule has 1 aliphatic rings. The first kappa shape index (κ1) is 27.8. The van der Waals surface area contributed by atoms with E-state index in [0.717, 1.165) is 0 Å². The summed E-state index contributed by atoms with van der Waals surface area (Å²) >= 11 is 0. The molecule has 0 saturated carbocycles. The first-order valence-corrected chi connectivity index (χ1v) is 12.4. The van der Waals surface area contributed by atoms with Crippen LogP contribution >= 0.6 is 7.60 Å². The summed E-state index contributed by atoms with van der Waals surface area (Å²) in [6.07, 6.45) is 0.913. The Morgan fingerprint density at radius 3 is 2.15 bits per heavy atom. The lowest BCUT2D eigenvalue weighted by Crippen LogP contribution is -2.28. The van der Waals surface area contributed by atoms with E-state index in [2.05, 4.69) is 15.3 Å². The number of carbonyl (C=O) groups excluding carboxylic acids is 2. The van der Waals surface area contributed by atoms with Crippen molar-refractivity contribution in [1.29, 1.82) is 0 Å². The average molecular weight is 503 g/mol. The molecule has 0 spiro atoms. The molecule has 0 aromatic carbocycles. The van der Waals surface area contributed by atoms with Crippen molar-refractivity contribution < 1.29 is 37.4 Å². The molecule has 192 valence electrons. The van der Waals surface area contributed by atoms with Gasteiger partial charge in [0, 0.05) is 6.54 Å². The van der Waals surface area contributed by atoms with Gasteiger partial charge in [-0.1, -0.05) is 0 Å². The quantitative estimate of drug-likeness (QED) is 0.196. The normalized spacial score (nSPS) is 13.9. The molecular formula is C20H34N5O8P. The predicted molar refractivity (Wildman–Crippen MR) is 124 cm³/mol. The molecule has 0 unspecified atom stereocenters. The van der Waals surface area contributed by atoms with Gasteiger partial charge in [0.1, 0.15) is 18.4 Å². The Morgan fingerprint density at radius 2 is 1.62 bits per heavy atom. The van der Waals surface area contributed by atoms with E-state index < -0.39 is 50.3 Å². The summed E-state index contributed by atoms with van der Waals surface area (Å²) in [6, 6.07) is 0. The molecule has 0 radical (unpaired) electrons. The number of rotatable bonds is 11. The van der Waals surface area contributed by atoms with Gasteiger partial charge < -0.3 is 30.2 Å². The van der Waals surface area contributed by atoms with Crippen molar-refractivity contribution >= 4 is 36.9 Å². The topological polar surface area (TPSA) is 164 Å². The minimum absolute atomic E-state index is 0.144. The lowest BCUT2D eigenvalue weighted by molar-refractivity contribution is -0.162. The zero-order valence-corrected chi connectivity index (χ0v) is 21.3. The van der Waals surface area contributed by atoms with Crippen molar-refractivity contribution in [2.45, 2.75) is 41.5 Å². The number of nitrogens with zero attached hydrogens (tertiary/aromatic N) is 3. The van der Waals surface area contributed by atoms with Crippen LogP contribution in [0.1, 0.15) is 41.5 Å². The molecule has 3 N–H and O–H groups in total. The molecule has 0 atom stereocenters. The molecule has 0 fully saturated rings. The third-order valence-corrected chi connectivity index (χ3v) is 5.96. The maximum Gasteiger partial charge on any atom is 0.361 e.